The lowest BCUT2D eigenvalue weighted by atomic mass is 10.4. The Hall–Kier alpha value is -0.340. The van der Waals surface area contributed by atoms with Crippen LogP contribution in [-0.2, 0) is 0 Å². The summed E-state index contributed by atoms with van der Waals surface area (Å²) in [7, 11) is 0. The monoisotopic (exact) mass is 178 g/mol. The fraction of sp³-hybridized carbons (Fsp3) is 0.333. The van der Waals surface area contributed by atoms with Crippen molar-refractivity contribution < 1.29 is 0 Å². The quantitative estimate of drug-likeness (QED) is 0.646. The molecule has 10 heavy (non-hydrogen) atoms. The SMILES string of the molecule is C=C(Cl)C(=N)C(Cl)=NCC. The van der Waals surface area contributed by atoms with Crippen LogP contribution in [0.1, 0.15) is 6.92 Å². The minimum absolute atomic E-state index is 0.00909. The molecule has 4 heteroatoms. The molecule has 0 rings (SSSR count). The van der Waals surface area contributed by atoms with Crippen molar-refractivity contribution in [2.45, 2.75) is 6.92 Å². The van der Waals surface area contributed by atoms with Gasteiger partial charge in [0.05, 0.1) is 5.03 Å². The van der Waals surface area contributed by atoms with Crippen LogP contribution in [0.4, 0.5) is 0 Å². The summed E-state index contributed by atoms with van der Waals surface area (Å²) in [6.45, 7) is 5.71. The van der Waals surface area contributed by atoms with E-state index in [9.17, 15) is 0 Å². The van der Waals surface area contributed by atoms with Crippen molar-refractivity contribution in [1.82, 2.24) is 0 Å². The van der Waals surface area contributed by atoms with Crippen LogP contribution in [0.3, 0.4) is 0 Å². The minimum atomic E-state index is -0.00909. The third-order valence-electron chi connectivity index (χ3n) is 0.774. The van der Waals surface area contributed by atoms with E-state index in [2.05, 4.69) is 11.6 Å². The summed E-state index contributed by atoms with van der Waals surface area (Å²) in [5.74, 6) is 0. The number of hydrogen-bond acceptors (Lipinski definition) is 2. The average Bonchev–Trinajstić information content (AvgIpc) is 1.87. The number of nitrogens with zero attached hydrogens (tertiary/aromatic N) is 1. The first-order valence-corrected chi connectivity index (χ1v) is 3.48. The highest BCUT2D eigenvalue weighted by Crippen LogP contribution is 2.03. The molecule has 0 spiro atoms. The Morgan fingerprint density at radius 2 is 2.10 bits per heavy atom. The summed E-state index contributed by atoms with van der Waals surface area (Å²) in [6, 6.07) is 0. The molecule has 0 fully saturated rings. The van der Waals surface area contributed by atoms with E-state index in [-0.39, 0.29) is 15.9 Å². The van der Waals surface area contributed by atoms with Crippen LogP contribution in [-0.4, -0.2) is 17.4 Å². The standard InChI is InChI=1S/C6H8Cl2N2/c1-3-10-6(8)5(9)4(2)7/h9H,2-3H2,1H3. The van der Waals surface area contributed by atoms with Gasteiger partial charge in [-0.2, -0.15) is 0 Å². The molecule has 0 saturated carbocycles. The van der Waals surface area contributed by atoms with Gasteiger partial charge in [0.1, 0.15) is 10.9 Å². The molecule has 0 aromatic carbocycles. The second-order valence-corrected chi connectivity index (χ2v) is 2.36. The maximum atomic E-state index is 7.16. The second-order valence-electron chi connectivity index (χ2n) is 1.55. The minimum Gasteiger partial charge on any atom is -0.296 e. The van der Waals surface area contributed by atoms with Crippen LogP contribution in [0.15, 0.2) is 16.6 Å². The van der Waals surface area contributed by atoms with Crippen LogP contribution in [0.25, 0.3) is 0 Å². The molecule has 2 nitrogen and oxygen atoms in total. The second kappa shape index (κ2) is 4.47. The summed E-state index contributed by atoms with van der Waals surface area (Å²) in [5.41, 5.74) is -0.00909. The molecule has 1 N–H and O–H groups in total. The highest BCUT2D eigenvalue weighted by Gasteiger charge is 2.03. The van der Waals surface area contributed by atoms with E-state index >= 15 is 0 Å². The number of allylic oxidation sites excluding steroid dienone is 1. The molecule has 0 atom stereocenters. The van der Waals surface area contributed by atoms with Gasteiger partial charge in [-0.25, -0.2) is 0 Å². The molecule has 0 saturated heterocycles. The van der Waals surface area contributed by atoms with Crippen molar-refractivity contribution >= 4 is 34.1 Å². The van der Waals surface area contributed by atoms with Crippen molar-refractivity contribution in [3.05, 3.63) is 11.6 Å². The van der Waals surface area contributed by atoms with Gasteiger partial charge < -0.3 is 0 Å². The molecule has 0 radical (unpaired) electrons. The first-order chi connectivity index (χ1) is 4.59. The van der Waals surface area contributed by atoms with Gasteiger partial charge in [0, 0.05) is 6.54 Å². The van der Waals surface area contributed by atoms with Gasteiger partial charge in [0.15, 0.2) is 0 Å². The third-order valence-corrected chi connectivity index (χ3v) is 1.27. The number of nitrogens with one attached hydrogen (secondary N) is 1. The highest BCUT2D eigenvalue weighted by molar-refractivity contribution is 6.87. The molecule has 0 aliphatic carbocycles. The molecule has 56 valence electrons. The van der Waals surface area contributed by atoms with Crippen LogP contribution < -0.4 is 0 Å². The van der Waals surface area contributed by atoms with Gasteiger partial charge in [0.25, 0.3) is 0 Å². The maximum absolute atomic E-state index is 7.16. The van der Waals surface area contributed by atoms with E-state index in [1.165, 1.54) is 0 Å². The zero-order chi connectivity index (χ0) is 8.15. The fourth-order valence-electron chi connectivity index (χ4n) is 0.330. The Kier molecular flexibility index (Phi) is 4.32. The van der Waals surface area contributed by atoms with E-state index in [4.69, 9.17) is 28.6 Å². The maximum Gasteiger partial charge on any atom is 0.150 e. The number of aliphatic imine (C=N–C) groups is 1. The normalized spacial score (nSPS) is 11.3. The van der Waals surface area contributed by atoms with Crippen LogP contribution in [0, 0.1) is 5.41 Å². The van der Waals surface area contributed by atoms with Gasteiger partial charge in [-0.3, -0.25) is 10.4 Å². The summed E-state index contributed by atoms with van der Waals surface area (Å²) >= 11 is 10.9. The lowest BCUT2D eigenvalue weighted by molar-refractivity contribution is 1.14. The predicted molar refractivity (Wildman–Crippen MR) is 46.5 cm³/mol. The van der Waals surface area contributed by atoms with E-state index < -0.39 is 0 Å². The summed E-state index contributed by atoms with van der Waals surface area (Å²) in [5, 5.41) is 7.39. The molecule has 0 aromatic rings. The lowest BCUT2D eigenvalue weighted by Crippen LogP contribution is -2.05. The van der Waals surface area contributed by atoms with Crippen molar-refractivity contribution in [3.8, 4) is 0 Å². The first kappa shape index (κ1) is 9.66. The van der Waals surface area contributed by atoms with Crippen LogP contribution in [0.5, 0.6) is 0 Å². The lowest BCUT2D eigenvalue weighted by Gasteiger charge is -1.95. The van der Waals surface area contributed by atoms with Gasteiger partial charge >= 0.3 is 0 Å². The van der Waals surface area contributed by atoms with Gasteiger partial charge in [-0.1, -0.05) is 29.8 Å². The molecule has 0 amide bonds. The topological polar surface area (TPSA) is 36.2 Å². The Morgan fingerprint density at radius 3 is 2.40 bits per heavy atom. The van der Waals surface area contributed by atoms with E-state index in [0.717, 1.165) is 0 Å². The summed E-state index contributed by atoms with van der Waals surface area (Å²) < 4.78 is 0. The average molecular weight is 179 g/mol. The molecule has 0 aliphatic heterocycles. The van der Waals surface area contributed by atoms with Crippen LogP contribution in [0.2, 0.25) is 0 Å². The van der Waals surface area contributed by atoms with Crippen LogP contribution >= 0.6 is 23.2 Å². The first-order valence-electron chi connectivity index (χ1n) is 2.73. The largest absolute Gasteiger partial charge is 0.296 e. The van der Waals surface area contributed by atoms with Crippen molar-refractivity contribution in [2.75, 3.05) is 6.54 Å². The fourth-order valence-corrected chi connectivity index (χ4v) is 0.701. The van der Waals surface area contributed by atoms with Gasteiger partial charge in [-0.05, 0) is 6.92 Å². The Labute approximate surface area is 70.1 Å². The van der Waals surface area contributed by atoms with Crippen molar-refractivity contribution in [1.29, 1.82) is 5.41 Å². The summed E-state index contributed by atoms with van der Waals surface area (Å²) in [6.07, 6.45) is 0. The van der Waals surface area contributed by atoms with Crippen molar-refractivity contribution in [2.24, 2.45) is 4.99 Å². The molecule has 0 bridgehead atoms. The molecular weight excluding hydrogens is 171 g/mol. The Bertz CT molecular complexity index is 184. The number of hydrogen-bond donors (Lipinski definition) is 1. The highest BCUT2D eigenvalue weighted by atomic mass is 35.5. The molecular formula is C6H8Cl2N2. The van der Waals surface area contributed by atoms with Gasteiger partial charge in [0.2, 0.25) is 0 Å². The molecule has 0 heterocycles. The Morgan fingerprint density at radius 1 is 1.60 bits per heavy atom. The van der Waals surface area contributed by atoms with E-state index in [1.54, 1.807) is 0 Å². The molecule has 0 aliphatic rings. The van der Waals surface area contributed by atoms with E-state index in [0.29, 0.717) is 6.54 Å². The molecule has 0 aromatic heterocycles. The van der Waals surface area contributed by atoms with Gasteiger partial charge in [-0.15, -0.1) is 0 Å². The predicted octanol–water partition coefficient (Wildman–Crippen LogP) is 2.42. The molecule has 0 unspecified atom stereocenters. The summed E-state index contributed by atoms with van der Waals surface area (Å²) in [4.78, 5) is 3.76. The van der Waals surface area contributed by atoms with Crippen molar-refractivity contribution in [3.63, 3.8) is 0 Å². The number of rotatable bonds is 3. The Balaban J connectivity index is 4.22. The van der Waals surface area contributed by atoms with E-state index in [1.807, 2.05) is 6.92 Å². The number of halogens is 2. The zero-order valence-electron chi connectivity index (χ0n) is 5.62. The third kappa shape index (κ3) is 2.99. The zero-order valence-corrected chi connectivity index (χ0v) is 7.13. The smallest absolute Gasteiger partial charge is 0.150 e.